The number of likely N-dealkylation sites (N-methyl/N-ethyl adjacent to an activating group) is 1. The first-order chi connectivity index (χ1) is 14.5. The Hall–Kier alpha value is -2.96. The van der Waals surface area contributed by atoms with Crippen molar-refractivity contribution in [1.82, 2.24) is 9.88 Å². The number of rotatable bonds is 9. The summed E-state index contributed by atoms with van der Waals surface area (Å²) in [6.45, 7) is 3.38. The van der Waals surface area contributed by atoms with Gasteiger partial charge in [-0.15, -0.1) is 11.3 Å². The number of hydrogen-bond acceptors (Lipinski definition) is 5. The molecule has 0 atom stereocenters. The topological polar surface area (TPSA) is 54.5 Å². The average molecular weight is 422 g/mol. The smallest absolute Gasteiger partial charge is 0.248 e. The molecule has 3 rings (SSSR count). The van der Waals surface area contributed by atoms with E-state index < -0.39 is 0 Å². The Bertz CT molecular complexity index is 994. The zero-order valence-corrected chi connectivity index (χ0v) is 18.4. The molecule has 3 aromatic rings. The molecule has 0 aliphatic rings. The number of amides is 1. The van der Waals surface area contributed by atoms with E-state index in [0.717, 1.165) is 40.7 Å². The molecule has 1 amide bonds. The van der Waals surface area contributed by atoms with Crippen LogP contribution >= 0.6 is 11.3 Å². The number of benzene rings is 2. The minimum absolute atomic E-state index is 0.180. The molecule has 0 radical (unpaired) electrons. The van der Waals surface area contributed by atoms with Gasteiger partial charge in [0.15, 0.2) is 0 Å². The number of aromatic nitrogens is 1. The summed E-state index contributed by atoms with van der Waals surface area (Å²) in [6.07, 6.45) is 4.27. The number of aryl methyl sites for hydroxylation is 1. The standard InChI is InChI=1S/C24H27N3O2S/c1-18-25-22(17-30-18)16-29-23-7-5-4-6-20(23)10-13-24(28)26-21-11-8-19(9-12-21)14-15-27(2)3/h4-13,17H,14-16H2,1-3H3,(H,26,28)/b13-10+. The molecule has 1 heterocycles. The van der Waals surface area contributed by atoms with Crippen LogP contribution in [0.2, 0.25) is 0 Å². The van der Waals surface area contributed by atoms with Crippen molar-refractivity contribution in [1.29, 1.82) is 0 Å². The van der Waals surface area contributed by atoms with Crippen molar-refractivity contribution in [2.45, 2.75) is 20.0 Å². The number of anilines is 1. The Morgan fingerprint density at radius 3 is 2.63 bits per heavy atom. The van der Waals surface area contributed by atoms with E-state index in [4.69, 9.17) is 4.74 Å². The molecule has 6 heteroatoms. The summed E-state index contributed by atoms with van der Waals surface area (Å²) in [5, 5.41) is 5.91. The highest BCUT2D eigenvalue weighted by molar-refractivity contribution is 7.09. The minimum Gasteiger partial charge on any atom is -0.487 e. The Kier molecular flexibility index (Phi) is 7.76. The molecular weight excluding hydrogens is 394 g/mol. The van der Waals surface area contributed by atoms with Gasteiger partial charge < -0.3 is 15.0 Å². The Balaban J connectivity index is 1.56. The van der Waals surface area contributed by atoms with Crippen molar-refractivity contribution in [3.05, 3.63) is 81.8 Å². The summed E-state index contributed by atoms with van der Waals surface area (Å²) in [4.78, 5) is 18.9. The fraction of sp³-hybridized carbons (Fsp3) is 0.250. The lowest BCUT2D eigenvalue weighted by Crippen LogP contribution is -2.15. The highest BCUT2D eigenvalue weighted by Gasteiger charge is 2.05. The van der Waals surface area contributed by atoms with Crippen LogP contribution in [-0.2, 0) is 17.8 Å². The van der Waals surface area contributed by atoms with Crippen LogP contribution in [0.5, 0.6) is 5.75 Å². The third kappa shape index (κ3) is 6.83. The van der Waals surface area contributed by atoms with Gasteiger partial charge in [0.1, 0.15) is 12.4 Å². The van der Waals surface area contributed by atoms with Crippen LogP contribution in [0, 0.1) is 6.92 Å². The fourth-order valence-corrected chi connectivity index (χ4v) is 3.43. The predicted octanol–water partition coefficient (Wildman–Crippen LogP) is 4.79. The van der Waals surface area contributed by atoms with E-state index in [1.165, 1.54) is 11.6 Å². The van der Waals surface area contributed by atoms with Gasteiger partial charge in [-0.1, -0.05) is 30.3 Å². The van der Waals surface area contributed by atoms with Crippen LogP contribution in [0.25, 0.3) is 6.08 Å². The van der Waals surface area contributed by atoms with Gasteiger partial charge in [-0.2, -0.15) is 0 Å². The summed E-state index contributed by atoms with van der Waals surface area (Å²) >= 11 is 1.60. The second kappa shape index (κ2) is 10.7. The Morgan fingerprint density at radius 1 is 1.17 bits per heavy atom. The summed E-state index contributed by atoms with van der Waals surface area (Å²) in [5.74, 6) is 0.540. The van der Waals surface area contributed by atoms with Gasteiger partial charge >= 0.3 is 0 Å². The SMILES string of the molecule is Cc1nc(COc2ccccc2/C=C/C(=O)Nc2ccc(CCN(C)C)cc2)cs1. The van der Waals surface area contributed by atoms with E-state index in [1.807, 2.05) is 60.8 Å². The molecule has 0 saturated carbocycles. The lowest BCUT2D eigenvalue weighted by atomic mass is 10.1. The van der Waals surface area contributed by atoms with Gasteiger partial charge in [0, 0.05) is 29.3 Å². The van der Waals surface area contributed by atoms with Gasteiger partial charge in [0.2, 0.25) is 5.91 Å². The summed E-state index contributed by atoms with van der Waals surface area (Å²) in [5.41, 5.74) is 3.78. The van der Waals surface area contributed by atoms with E-state index >= 15 is 0 Å². The molecule has 0 fully saturated rings. The fourth-order valence-electron chi connectivity index (χ4n) is 2.83. The maximum atomic E-state index is 12.3. The zero-order chi connectivity index (χ0) is 21.3. The lowest BCUT2D eigenvalue weighted by molar-refractivity contribution is -0.111. The summed E-state index contributed by atoms with van der Waals surface area (Å²) < 4.78 is 5.90. The monoisotopic (exact) mass is 421 g/mol. The number of nitrogens with one attached hydrogen (secondary N) is 1. The number of carbonyl (C=O) groups is 1. The molecule has 156 valence electrons. The van der Waals surface area contributed by atoms with Crippen LogP contribution in [0.3, 0.4) is 0 Å². The Labute approximate surface area is 182 Å². The number of hydrogen-bond donors (Lipinski definition) is 1. The molecule has 0 aliphatic carbocycles. The van der Waals surface area contributed by atoms with Gasteiger partial charge in [-0.25, -0.2) is 4.98 Å². The van der Waals surface area contributed by atoms with Crippen LogP contribution in [0.15, 0.2) is 60.0 Å². The van der Waals surface area contributed by atoms with Crippen molar-refractivity contribution in [3.63, 3.8) is 0 Å². The van der Waals surface area contributed by atoms with Crippen LogP contribution in [-0.4, -0.2) is 36.4 Å². The second-order valence-corrected chi connectivity index (χ2v) is 8.32. The minimum atomic E-state index is -0.180. The molecule has 0 spiro atoms. The first-order valence-corrected chi connectivity index (χ1v) is 10.7. The molecule has 1 N–H and O–H groups in total. The molecular formula is C24H27N3O2S. The van der Waals surface area contributed by atoms with Gasteiger partial charge in [0.25, 0.3) is 0 Å². The molecule has 0 aliphatic heterocycles. The van der Waals surface area contributed by atoms with Crippen LogP contribution in [0.1, 0.15) is 21.8 Å². The van der Waals surface area contributed by atoms with Crippen LogP contribution < -0.4 is 10.1 Å². The highest BCUT2D eigenvalue weighted by atomic mass is 32.1. The largest absolute Gasteiger partial charge is 0.487 e. The van der Waals surface area contributed by atoms with Gasteiger partial charge in [0.05, 0.1) is 10.7 Å². The molecule has 2 aromatic carbocycles. The van der Waals surface area contributed by atoms with Crippen molar-refractivity contribution < 1.29 is 9.53 Å². The van der Waals surface area contributed by atoms with Gasteiger partial charge in [-0.05, 0) is 57.3 Å². The van der Waals surface area contributed by atoms with E-state index in [2.05, 4.69) is 29.3 Å². The highest BCUT2D eigenvalue weighted by Crippen LogP contribution is 2.21. The maximum Gasteiger partial charge on any atom is 0.248 e. The number of thiazole rings is 1. The van der Waals surface area contributed by atoms with Gasteiger partial charge in [-0.3, -0.25) is 4.79 Å². The summed E-state index contributed by atoms with van der Waals surface area (Å²) in [7, 11) is 4.12. The maximum absolute atomic E-state index is 12.3. The molecule has 0 bridgehead atoms. The van der Waals surface area contributed by atoms with Crippen LogP contribution in [0.4, 0.5) is 5.69 Å². The number of ether oxygens (including phenoxy) is 1. The molecule has 0 saturated heterocycles. The number of para-hydroxylation sites is 1. The van der Waals surface area contributed by atoms with Crippen molar-refractivity contribution in [2.75, 3.05) is 26.0 Å². The quantitative estimate of drug-likeness (QED) is 0.505. The predicted molar refractivity (Wildman–Crippen MR) is 124 cm³/mol. The van der Waals surface area contributed by atoms with E-state index in [-0.39, 0.29) is 5.91 Å². The average Bonchev–Trinajstić information content (AvgIpc) is 3.16. The number of carbonyl (C=O) groups excluding carboxylic acids is 1. The van der Waals surface area contributed by atoms with E-state index in [0.29, 0.717) is 6.61 Å². The van der Waals surface area contributed by atoms with E-state index in [9.17, 15) is 4.79 Å². The normalized spacial score (nSPS) is 11.2. The zero-order valence-electron chi connectivity index (χ0n) is 17.6. The Morgan fingerprint density at radius 2 is 1.93 bits per heavy atom. The first-order valence-electron chi connectivity index (χ1n) is 9.85. The van der Waals surface area contributed by atoms with Crippen molar-refractivity contribution >= 4 is 29.0 Å². The second-order valence-electron chi connectivity index (χ2n) is 7.26. The molecule has 30 heavy (non-hydrogen) atoms. The molecule has 0 unspecified atom stereocenters. The lowest BCUT2D eigenvalue weighted by Gasteiger charge is -2.10. The molecule has 5 nitrogen and oxygen atoms in total. The van der Waals surface area contributed by atoms with Crippen molar-refractivity contribution in [2.24, 2.45) is 0 Å². The number of nitrogens with zero attached hydrogens (tertiary/aromatic N) is 2. The first kappa shape index (κ1) is 21.7. The summed E-state index contributed by atoms with van der Waals surface area (Å²) in [6, 6.07) is 15.6. The van der Waals surface area contributed by atoms with Crippen molar-refractivity contribution in [3.8, 4) is 5.75 Å². The van der Waals surface area contributed by atoms with E-state index in [1.54, 1.807) is 17.4 Å². The molecule has 1 aromatic heterocycles. The third-order valence-electron chi connectivity index (χ3n) is 4.44. The third-order valence-corrected chi connectivity index (χ3v) is 5.27.